The van der Waals surface area contributed by atoms with Crippen LogP contribution in [0.4, 0.5) is 0 Å². The summed E-state index contributed by atoms with van der Waals surface area (Å²) in [6.45, 7) is -0.300. The molecule has 130 valence electrons. The number of hydrogen-bond donors (Lipinski definition) is 6. The van der Waals surface area contributed by atoms with Crippen molar-refractivity contribution in [2.24, 2.45) is 5.73 Å². The summed E-state index contributed by atoms with van der Waals surface area (Å²) in [5.41, 5.74) is 5.35. The molecule has 0 unspecified atom stereocenters. The van der Waals surface area contributed by atoms with Crippen LogP contribution in [-0.2, 0) is 14.3 Å². The van der Waals surface area contributed by atoms with Crippen molar-refractivity contribution in [2.75, 3.05) is 24.7 Å². The molecule has 1 saturated heterocycles. The number of carbonyl (C=O) groups is 1. The van der Waals surface area contributed by atoms with Gasteiger partial charge in [0, 0.05) is 5.75 Å². The molecule has 0 aliphatic carbocycles. The molecule has 0 spiro atoms. The Morgan fingerprint density at radius 3 is 2.55 bits per heavy atom. The van der Waals surface area contributed by atoms with Crippen LogP contribution in [0.15, 0.2) is 0 Å². The molecule has 10 heteroatoms. The second-order valence-electron chi connectivity index (χ2n) is 4.94. The number of ether oxygens (including phenoxy) is 2. The molecular formula is C12H23NO8S. The Labute approximate surface area is 132 Å². The Hall–Kier alpha value is -0.460. The molecule has 1 fully saturated rings. The van der Waals surface area contributed by atoms with E-state index in [0.29, 0.717) is 12.2 Å². The molecule has 0 aromatic rings. The highest BCUT2D eigenvalue weighted by Gasteiger charge is 2.43. The number of thioether (sulfide) groups is 1. The van der Waals surface area contributed by atoms with E-state index in [1.165, 1.54) is 11.8 Å². The predicted molar refractivity (Wildman–Crippen MR) is 77.3 cm³/mol. The Kier molecular flexibility index (Phi) is 8.57. The third-order valence-electron chi connectivity index (χ3n) is 3.18. The van der Waals surface area contributed by atoms with E-state index in [9.17, 15) is 20.1 Å². The van der Waals surface area contributed by atoms with Gasteiger partial charge < -0.3 is 40.7 Å². The molecule has 1 heterocycles. The van der Waals surface area contributed by atoms with E-state index >= 15 is 0 Å². The summed E-state index contributed by atoms with van der Waals surface area (Å²) < 4.78 is 10.5. The van der Waals surface area contributed by atoms with Gasteiger partial charge in [-0.05, 0) is 12.2 Å². The highest BCUT2D eigenvalue weighted by atomic mass is 32.2. The average Bonchev–Trinajstić information content (AvgIpc) is 2.49. The average molecular weight is 341 g/mol. The van der Waals surface area contributed by atoms with Crippen LogP contribution in [0.25, 0.3) is 0 Å². The lowest BCUT2D eigenvalue weighted by molar-refractivity contribution is -0.300. The first kappa shape index (κ1) is 19.6. The fraction of sp³-hybridized carbons (Fsp3) is 0.917. The van der Waals surface area contributed by atoms with Crippen LogP contribution < -0.4 is 5.73 Å². The molecule has 1 rings (SSSR count). The minimum absolute atomic E-state index is 0.206. The first-order chi connectivity index (χ1) is 10.4. The lowest BCUT2D eigenvalue weighted by Gasteiger charge is -2.39. The number of rotatable bonds is 9. The Balaban J connectivity index is 2.22. The van der Waals surface area contributed by atoms with Gasteiger partial charge in [0.2, 0.25) is 0 Å². The van der Waals surface area contributed by atoms with E-state index in [-0.39, 0.29) is 12.4 Å². The van der Waals surface area contributed by atoms with Crippen molar-refractivity contribution in [3.05, 3.63) is 0 Å². The molecule has 6 atom stereocenters. The van der Waals surface area contributed by atoms with Crippen molar-refractivity contribution < 1.29 is 39.8 Å². The van der Waals surface area contributed by atoms with Gasteiger partial charge in [0.25, 0.3) is 0 Å². The van der Waals surface area contributed by atoms with Crippen LogP contribution in [0.5, 0.6) is 0 Å². The molecule has 0 saturated carbocycles. The summed E-state index contributed by atoms with van der Waals surface area (Å²) in [6, 6.07) is -0.906. The Morgan fingerprint density at radius 1 is 1.27 bits per heavy atom. The van der Waals surface area contributed by atoms with Crippen molar-refractivity contribution >= 4 is 17.7 Å². The minimum Gasteiger partial charge on any atom is -0.480 e. The maximum Gasteiger partial charge on any atom is 0.321 e. The second-order valence-corrected chi connectivity index (χ2v) is 6.09. The predicted octanol–water partition coefficient (Wildman–Crippen LogP) is -2.66. The van der Waals surface area contributed by atoms with Gasteiger partial charge in [-0.1, -0.05) is 0 Å². The quantitative estimate of drug-likeness (QED) is 0.244. The molecule has 1 aliphatic rings. The number of aliphatic hydroxyl groups excluding tert-OH is 4. The van der Waals surface area contributed by atoms with E-state index in [0.717, 1.165) is 0 Å². The maximum atomic E-state index is 10.5. The summed E-state index contributed by atoms with van der Waals surface area (Å²) in [4.78, 5) is 10.5. The van der Waals surface area contributed by atoms with Gasteiger partial charge >= 0.3 is 5.97 Å². The zero-order valence-electron chi connectivity index (χ0n) is 11.9. The fourth-order valence-corrected chi connectivity index (χ4v) is 2.73. The van der Waals surface area contributed by atoms with E-state index in [2.05, 4.69) is 0 Å². The number of nitrogens with two attached hydrogens (primary N) is 1. The smallest absolute Gasteiger partial charge is 0.321 e. The fourth-order valence-electron chi connectivity index (χ4n) is 1.85. The monoisotopic (exact) mass is 341 g/mol. The molecule has 0 radical (unpaired) electrons. The number of aliphatic hydroxyl groups is 4. The van der Waals surface area contributed by atoms with E-state index in [1.807, 2.05) is 0 Å². The lowest BCUT2D eigenvalue weighted by Crippen LogP contribution is -2.59. The first-order valence-electron chi connectivity index (χ1n) is 6.86. The standard InChI is InChI=1S/C12H23NO8S/c13-6(11(18)19)5-22-3-1-2-20-12-10(17)9(16)8(15)7(4-14)21-12/h6-10,12,14-17H,1-5,13H2,(H,18,19)/t6-,7+,8+,9-,10-,12-/m0/s1. The molecule has 0 aromatic carbocycles. The summed E-state index contributed by atoms with van der Waals surface area (Å²) in [5, 5.41) is 46.5. The van der Waals surface area contributed by atoms with E-state index in [1.54, 1.807) is 0 Å². The summed E-state index contributed by atoms with van der Waals surface area (Å²) in [7, 11) is 0. The maximum absolute atomic E-state index is 10.5. The van der Waals surface area contributed by atoms with Gasteiger partial charge in [-0.3, -0.25) is 4.79 Å². The van der Waals surface area contributed by atoms with Crippen LogP contribution >= 0.6 is 11.8 Å². The topological polar surface area (TPSA) is 163 Å². The van der Waals surface area contributed by atoms with Gasteiger partial charge in [-0.2, -0.15) is 11.8 Å². The molecule has 7 N–H and O–H groups in total. The van der Waals surface area contributed by atoms with Crippen molar-refractivity contribution in [3.63, 3.8) is 0 Å². The van der Waals surface area contributed by atoms with Crippen molar-refractivity contribution in [1.82, 2.24) is 0 Å². The van der Waals surface area contributed by atoms with Crippen LogP contribution in [-0.4, -0.2) is 93.0 Å². The van der Waals surface area contributed by atoms with Crippen molar-refractivity contribution in [3.8, 4) is 0 Å². The normalized spacial score (nSPS) is 33.6. The molecular weight excluding hydrogens is 318 g/mol. The molecule has 1 aliphatic heterocycles. The van der Waals surface area contributed by atoms with Gasteiger partial charge in [0.15, 0.2) is 6.29 Å². The third kappa shape index (κ3) is 5.63. The zero-order valence-corrected chi connectivity index (χ0v) is 12.8. The summed E-state index contributed by atoms with van der Waals surface area (Å²) in [6.07, 6.45) is -5.85. The molecule has 22 heavy (non-hydrogen) atoms. The third-order valence-corrected chi connectivity index (χ3v) is 4.35. The van der Waals surface area contributed by atoms with Gasteiger partial charge in [0.05, 0.1) is 13.2 Å². The minimum atomic E-state index is -1.46. The number of carboxylic acid groups (broad SMARTS) is 1. The molecule has 0 bridgehead atoms. The van der Waals surface area contributed by atoms with E-state index in [4.69, 9.17) is 25.4 Å². The number of carboxylic acids is 1. The molecule has 9 nitrogen and oxygen atoms in total. The highest BCUT2D eigenvalue weighted by Crippen LogP contribution is 2.22. The van der Waals surface area contributed by atoms with Gasteiger partial charge in [-0.15, -0.1) is 0 Å². The largest absolute Gasteiger partial charge is 0.480 e. The van der Waals surface area contributed by atoms with E-state index < -0.39 is 49.3 Å². The molecule has 0 amide bonds. The summed E-state index contributed by atoms with van der Waals surface area (Å²) >= 11 is 1.36. The molecule has 0 aromatic heterocycles. The van der Waals surface area contributed by atoms with Crippen LogP contribution in [0.1, 0.15) is 6.42 Å². The van der Waals surface area contributed by atoms with Crippen molar-refractivity contribution in [1.29, 1.82) is 0 Å². The van der Waals surface area contributed by atoms with Crippen LogP contribution in [0.2, 0.25) is 0 Å². The number of aliphatic carboxylic acids is 1. The number of hydrogen-bond acceptors (Lipinski definition) is 9. The second kappa shape index (κ2) is 9.63. The van der Waals surface area contributed by atoms with Gasteiger partial charge in [0.1, 0.15) is 30.5 Å². The first-order valence-corrected chi connectivity index (χ1v) is 8.02. The Morgan fingerprint density at radius 2 is 1.95 bits per heavy atom. The SMILES string of the molecule is N[C@@H](CSCCCO[C@H]1O[C@H](CO)[C@@H](O)[C@H](O)[C@@H]1O)C(=O)O. The summed E-state index contributed by atoms with van der Waals surface area (Å²) in [5.74, 6) is -0.154. The van der Waals surface area contributed by atoms with Gasteiger partial charge in [-0.25, -0.2) is 0 Å². The Bertz CT molecular complexity index is 345. The lowest BCUT2D eigenvalue weighted by atomic mass is 9.99. The van der Waals surface area contributed by atoms with Crippen LogP contribution in [0.3, 0.4) is 0 Å². The van der Waals surface area contributed by atoms with Crippen molar-refractivity contribution in [2.45, 2.75) is 43.2 Å². The highest BCUT2D eigenvalue weighted by molar-refractivity contribution is 7.99. The zero-order chi connectivity index (χ0) is 16.7. The van der Waals surface area contributed by atoms with Crippen LogP contribution in [0, 0.1) is 0 Å².